The van der Waals surface area contributed by atoms with Crippen LogP contribution in [0.4, 0.5) is 0 Å². The number of carbonyl (C=O) groups excluding carboxylic acids is 2. The van der Waals surface area contributed by atoms with Crippen LogP contribution in [0.25, 0.3) is 0 Å². The fourth-order valence-electron chi connectivity index (χ4n) is 0.493. The number of carboxylic acid groups (broad SMARTS) is 1. The van der Waals surface area contributed by atoms with E-state index in [1.54, 1.807) is 0 Å². The molecule has 62 valence electrons. The summed E-state index contributed by atoms with van der Waals surface area (Å²) in [5.74, 6) is -1.70. The molecule has 0 radical (unpaired) electrons. The predicted molar refractivity (Wildman–Crippen MR) is 37.4 cm³/mol. The third-order valence-electron chi connectivity index (χ3n) is 1.44. The van der Waals surface area contributed by atoms with Crippen LogP contribution in [-0.4, -0.2) is 29.9 Å². The second-order valence-electron chi connectivity index (χ2n) is 2.15. The van der Waals surface area contributed by atoms with Gasteiger partial charge < -0.3 is 14.8 Å². The Labute approximate surface area is 83.4 Å². The first kappa shape index (κ1) is 13.8. The number of carbonyl (C=O) groups is 2. The Morgan fingerprint density at radius 2 is 2.00 bits per heavy atom. The molecule has 0 heterocycles. The van der Waals surface area contributed by atoms with Crippen LogP contribution in [0.15, 0.2) is 12.7 Å². The molecule has 0 aromatic heterocycles. The molecule has 4 nitrogen and oxygen atoms in total. The monoisotopic (exact) mass is 163 g/mol. The zero-order chi connectivity index (χ0) is 9.02. The van der Waals surface area contributed by atoms with Gasteiger partial charge in [-0.2, -0.15) is 0 Å². The molecular weight excluding hydrogens is 153 g/mol. The van der Waals surface area contributed by atoms with Gasteiger partial charge >= 0.3 is 18.9 Å². The van der Waals surface area contributed by atoms with E-state index in [9.17, 15) is 14.7 Å². The minimum atomic E-state index is -1.28. The molecule has 0 aliphatic heterocycles. The minimum absolute atomic E-state index is 0. The average Bonchev–Trinajstić information content (AvgIpc) is 2.00. The molecule has 0 bridgehead atoms. The largest absolute Gasteiger partial charge is 1.00 e. The summed E-state index contributed by atoms with van der Waals surface area (Å²) in [7, 11) is 1.38. The van der Waals surface area contributed by atoms with Crippen LogP contribution < -0.4 is 24.0 Å². The SMILES string of the molecule is C=CC(=O)N(C)[C@@H](C)C(=O)[O-].[Li+]. The molecule has 0 aliphatic carbocycles. The Morgan fingerprint density at radius 1 is 1.58 bits per heavy atom. The molecule has 1 amide bonds. The standard InChI is InChI=1S/C7H11NO3.Li/c1-4-6(9)8(3)5(2)7(10)11;/h4-5H,1H2,2-3H3,(H,10,11);/q;+1/p-1/t5-;/m0./s1. The molecule has 0 fully saturated rings. The molecule has 0 unspecified atom stereocenters. The molecule has 0 aromatic rings. The van der Waals surface area contributed by atoms with Crippen LogP contribution >= 0.6 is 0 Å². The summed E-state index contributed by atoms with van der Waals surface area (Å²) in [4.78, 5) is 22.0. The van der Waals surface area contributed by atoms with Gasteiger partial charge in [0.05, 0.1) is 12.0 Å². The Hall–Kier alpha value is -0.723. The summed E-state index contributed by atoms with van der Waals surface area (Å²) in [5.41, 5.74) is 0. The number of rotatable bonds is 3. The Morgan fingerprint density at radius 3 is 2.25 bits per heavy atom. The maximum absolute atomic E-state index is 10.8. The topological polar surface area (TPSA) is 60.4 Å². The second kappa shape index (κ2) is 5.87. The summed E-state index contributed by atoms with van der Waals surface area (Å²) in [6.45, 7) is 4.59. The Bertz CT molecular complexity index is 193. The van der Waals surface area contributed by atoms with Gasteiger partial charge in [0.1, 0.15) is 0 Å². The van der Waals surface area contributed by atoms with E-state index in [0.29, 0.717) is 0 Å². The van der Waals surface area contributed by atoms with Gasteiger partial charge in [-0.3, -0.25) is 4.79 Å². The third-order valence-corrected chi connectivity index (χ3v) is 1.44. The van der Waals surface area contributed by atoms with E-state index in [2.05, 4.69) is 6.58 Å². The first-order valence-corrected chi connectivity index (χ1v) is 3.10. The minimum Gasteiger partial charge on any atom is -0.548 e. The van der Waals surface area contributed by atoms with Crippen LogP contribution in [0, 0.1) is 0 Å². The predicted octanol–water partition coefficient (Wildman–Crippen LogP) is -4.23. The Balaban J connectivity index is 0. The third kappa shape index (κ3) is 3.61. The molecule has 0 saturated carbocycles. The molecule has 0 spiro atoms. The summed E-state index contributed by atoms with van der Waals surface area (Å²) < 4.78 is 0. The van der Waals surface area contributed by atoms with E-state index in [-0.39, 0.29) is 18.9 Å². The zero-order valence-corrected chi connectivity index (χ0v) is 7.53. The summed E-state index contributed by atoms with van der Waals surface area (Å²) >= 11 is 0. The molecule has 0 rings (SSSR count). The van der Waals surface area contributed by atoms with Crippen molar-refractivity contribution >= 4 is 11.9 Å². The van der Waals surface area contributed by atoms with E-state index >= 15 is 0 Å². The number of hydrogen-bond donors (Lipinski definition) is 0. The van der Waals surface area contributed by atoms with Crippen molar-refractivity contribution in [2.45, 2.75) is 13.0 Å². The average molecular weight is 163 g/mol. The van der Waals surface area contributed by atoms with Gasteiger partial charge in [0, 0.05) is 7.05 Å². The van der Waals surface area contributed by atoms with E-state index in [1.807, 2.05) is 0 Å². The second-order valence-corrected chi connectivity index (χ2v) is 2.15. The van der Waals surface area contributed by atoms with Crippen LogP contribution in [0.3, 0.4) is 0 Å². The smallest absolute Gasteiger partial charge is 0.548 e. The number of likely N-dealkylation sites (N-methyl/N-ethyl adjacent to an activating group) is 1. The van der Waals surface area contributed by atoms with Crippen LogP contribution in [0.5, 0.6) is 0 Å². The van der Waals surface area contributed by atoms with Crippen molar-refractivity contribution in [3.8, 4) is 0 Å². The fourth-order valence-corrected chi connectivity index (χ4v) is 0.493. The van der Waals surface area contributed by atoms with Crippen LogP contribution in [0.2, 0.25) is 0 Å². The first-order valence-electron chi connectivity index (χ1n) is 3.10. The molecule has 0 aromatic carbocycles. The van der Waals surface area contributed by atoms with Crippen LogP contribution in [0.1, 0.15) is 6.92 Å². The van der Waals surface area contributed by atoms with Gasteiger partial charge in [-0.1, -0.05) is 6.58 Å². The van der Waals surface area contributed by atoms with Gasteiger partial charge in [-0.25, -0.2) is 0 Å². The number of carboxylic acids is 1. The van der Waals surface area contributed by atoms with Crippen molar-refractivity contribution in [3.05, 3.63) is 12.7 Å². The van der Waals surface area contributed by atoms with Gasteiger partial charge in [0.15, 0.2) is 0 Å². The zero-order valence-electron chi connectivity index (χ0n) is 7.53. The molecule has 0 N–H and O–H groups in total. The van der Waals surface area contributed by atoms with Gasteiger partial charge in [-0.15, -0.1) is 0 Å². The number of aliphatic carboxylic acids is 1. The van der Waals surface area contributed by atoms with Gasteiger partial charge in [-0.05, 0) is 13.0 Å². The van der Waals surface area contributed by atoms with E-state index < -0.39 is 17.9 Å². The molecule has 12 heavy (non-hydrogen) atoms. The molecule has 0 aliphatic rings. The number of nitrogens with zero attached hydrogens (tertiary/aromatic N) is 1. The van der Waals surface area contributed by atoms with E-state index in [4.69, 9.17) is 0 Å². The van der Waals surface area contributed by atoms with Crippen molar-refractivity contribution in [3.63, 3.8) is 0 Å². The summed E-state index contributed by atoms with van der Waals surface area (Å²) in [5, 5.41) is 10.2. The Kier molecular flexibility index (Phi) is 6.77. The van der Waals surface area contributed by atoms with Crippen LogP contribution in [-0.2, 0) is 9.59 Å². The first-order chi connectivity index (χ1) is 5.00. The van der Waals surface area contributed by atoms with Crippen molar-refractivity contribution in [2.24, 2.45) is 0 Å². The fraction of sp³-hybridized carbons (Fsp3) is 0.429. The maximum Gasteiger partial charge on any atom is 1.00 e. The number of hydrogen-bond acceptors (Lipinski definition) is 3. The van der Waals surface area contributed by atoms with Gasteiger partial charge in [0.2, 0.25) is 5.91 Å². The molecule has 0 saturated heterocycles. The van der Waals surface area contributed by atoms with E-state index in [0.717, 1.165) is 11.0 Å². The van der Waals surface area contributed by atoms with Crippen molar-refractivity contribution in [1.82, 2.24) is 4.90 Å². The maximum atomic E-state index is 10.8. The molecular formula is C7H10LiNO3. The van der Waals surface area contributed by atoms with Crippen molar-refractivity contribution in [2.75, 3.05) is 7.05 Å². The number of amides is 1. The van der Waals surface area contributed by atoms with Crippen molar-refractivity contribution in [1.29, 1.82) is 0 Å². The summed E-state index contributed by atoms with van der Waals surface area (Å²) in [6.07, 6.45) is 1.06. The summed E-state index contributed by atoms with van der Waals surface area (Å²) in [6, 6.07) is -0.916. The quantitative estimate of drug-likeness (QED) is 0.313. The van der Waals surface area contributed by atoms with E-state index in [1.165, 1.54) is 14.0 Å². The molecule has 5 heteroatoms. The van der Waals surface area contributed by atoms with Gasteiger partial charge in [0.25, 0.3) is 0 Å². The molecule has 1 atom stereocenters. The van der Waals surface area contributed by atoms with Crippen molar-refractivity contribution < 1.29 is 33.6 Å². The normalized spacial score (nSPS) is 10.8.